The molecule has 2 unspecified atom stereocenters. The van der Waals surface area contributed by atoms with Gasteiger partial charge in [-0.15, -0.1) is 0 Å². The molecular formula is C16H22N2O4S. The number of hydrogen-bond donors (Lipinski definition) is 1. The lowest BCUT2D eigenvalue weighted by molar-refractivity contribution is 0.0600. The van der Waals surface area contributed by atoms with E-state index in [2.05, 4.69) is 5.32 Å². The van der Waals surface area contributed by atoms with Gasteiger partial charge >= 0.3 is 5.97 Å². The molecule has 7 heteroatoms. The van der Waals surface area contributed by atoms with E-state index in [0.29, 0.717) is 12.1 Å². The maximum atomic E-state index is 13.2. The molecule has 2 fully saturated rings. The molecule has 0 aliphatic carbocycles. The standard InChI is InChI=1S/C16H22N2O4S/c1-11-3-4-12(16(19)22-2)9-15(11)23(20,21)18-13-5-6-14(18)10-17-8-7-13/h3-4,9,13-14,17H,5-8,10H2,1-2H3. The minimum atomic E-state index is -3.63. The highest BCUT2D eigenvalue weighted by Crippen LogP contribution is 2.34. The van der Waals surface area contributed by atoms with Crippen LogP contribution in [0.3, 0.4) is 0 Å². The zero-order valence-corrected chi connectivity index (χ0v) is 14.2. The molecule has 1 N–H and O–H groups in total. The van der Waals surface area contributed by atoms with Gasteiger partial charge in [-0.05, 0) is 50.4 Å². The summed E-state index contributed by atoms with van der Waals surface area (Å²) in [6.45, 7) is 3.28. The molecule has 0 radical (unpaired) electrons. The molecule has 6 nitrogen and oxygen atoms in total. The Labute approximate surface area is 136 Å². The third-order valence-corrected chi connectivity index (χ3v) is 6.90. The topological polar surface area (TPSA) is 75.7 Å². The average molecular weight is 338 g/mol. The van der Waals surface area contributed by atoms with E-state index < -0.39 is 16.0 Å². The van der Waals surface area contributed by atoms with Crippen LogP contribution in [0.4, 0.5) is 0 Å². The first kappa shape index (κ1) is 16.4. The Bertz CT molecular complexity index is 703. The number of ether oxygens (including phenoxy) is 1. The molecule has 2 heterocycles. The monoisotopic (exact) mass is 338 g/mol. The molecule has 0 amide bonds. The molecule has 1 aromatic rings. The predicted molar refractivity (Wildman–Crippen MR) is 85.8 cm³/mol. The smallest absolute Gasteiger partial charge is 0.337 e. The van der Waals surface area contributed by atoms with Gasteiger partial charge in [0.1, 0.15) is 0 Å². The number of carbonyl (C=O) groups excluding carboxylic acids is 1. The second-order valence-corrected chi connectivity index (χ2v) is 8.00. The summed E-state index contributed by atoms with van der Waals surface area (Å²) in [6, 6.07) is 4.74. The molecule has 2 saturated heterocycles. The van der Waals surface area contributed by atoms with Crippen molar-refractivity contribution in [2.45, 2.75) is 43.2 Å². The third-order valence-electron chi connectivity index (χ3n) is 4.75. The number of nitrogens with zero attached hydrogens (tertiary/aromatic N) is 1. The molecule has 1 aromatic carbocycles. The average Bonchev–Trinajstić information content (AvgIpc) is 2.80. The molecular weight excluding hydrogens is 316 g/mol. The van der Waals surface area contributed by atoms with Gasteiger partial charge in [0.25, 0.3) is 0 Å². The van der Waals surface area contributed by atoms with Crippen LogP contribution in [0, 0.1) is 6.92 Å². The lowest BCUT2D eigenvalue weighted by atomic mass is 10.1. The molecule has 23 heavy (non-hydrogen) atoms. The molecule has 0 saturated carbocycles. The maximum Gasteiger partial charge on any atom is 0.337 e. The summed E-state index contributed by atoms with van der Waals surface area (Å²) in [6.07, 6.45) is 2.61. The zero-order chi connectivity index (χ0) is 16.6. The van der Waals surface area contributed by atoms with E-state index in [1.165, 1.54) is 13.2 Å². The Hall–Kier alpha value is -1.44. The van der Waals surface area contributed by atoms with E-state index >= 15 is 0 Å². The van der Waals surface area contributed by atoms with Crippen LogP contribution in [0.5, 0.6) is 0 Å². The fourth-order valence-corrected chi connectivity index (χ4v) is 5.72. The predicted octanol–water partition coefficient (Wildman–Crippen LogP) is 1.30. The number of benzene rings is 1. The molecule has 2 aliphatic heterocycles. The summed E-state index contributed by atoms with van der Waals surface area (Å²) in [7, 11) is -2.34. The van der Waals surface area contributed by atoms with Crippen molar-refractivity contribution in [3.63, 3.8) is 0 Å². The van der Waals surface area contributed by atoms with Crippen molar-refractivity contribution in [2.24, 2.45) is 0 Å². The Morgan fingerprint density at radius 3 is 2.74 bits per heavy atom. The van der Waals surface area contributed by atoms with Crippen LogP contribution in [0.1, 0.15) is 35.2 Å². The first-order chi connectivity index (χ1) is 10.9. The van der Waals surface area contributed by atoms with Crippen molar-refractivity contribution >= 4 is 16.0 Å². The first-order valence-corrected chi connectivity index (χ1v) is 9.32. The normalized spacial score (nSPS) is 25.1. The lowest BCUT2D eigenvalue weighted by Gasteiger charge is -2.27. The highest BCUT2D eigenvalue weighted by Gasteiger charge is 2.43. The first-order valence-electron chi connectivity index (χ1n) is 7.88. The van der Waals surface area contributed by atoms with E-state index in [9.17, 15) is 13.2 Å². The highest BCUT2D eigenvalue weighted by atomic mass is 32.2. The van der Waals surface area contributed by atoms with Crippen LogP contribution in [0.25, 0.3) is 0 Å². The van der Waals surface area contributed by atoms with Crippen molar-refractivity contribution in [2.75, 3.05) is 20.2 Å². The molecule has 0 aromatic heterocycles. The second kappa shape index (κ2) is 6.22. The number of fused-ring (bicyclic) bond motifs is 2. The Balaban J connectivity index is 2.04. The van der Waals surface area contributed by atoms with Crippen molar-refractivity contribution < 1.29 is 17.9 Å². The van der Waals surface area contributed by atoms with Gasteiger partial charge < -0.3 is 10.1 Å². The van der Waals surface area contributed by atoms with E-state index in [0.717, 1.165) is 25.8 Å². The Kier molecular flexibility index (Phi) is 4.44. The van der Waals surface area contributed by atoms with Gasteiger partial charge in [0.05, 0.1) is 17.6 Å². The van der Waals surface area contributed by atoms with Crippen LogP contribution in [-0.4, -0.2) is 51.0 Å². The SMILES string of the molecule is COC(=O)c1ccc(C)c(S(=O)(=O)N2C3CCNCC2CC3)c1. The van der Waals surface area contributed by atoms with Gasteiger partial charge in [0, 0.05) is 18.6 Å². The number of nitrogens with one attached hydrogen (secondary N) is 1. The van der Waals surface area contributed by atoms with Gasteiger partial charge in [-0.2, -0.15) is 4.31 Å². The molecule has 2 aliphatic rings. The van der Waals surface area contributed by atoms with Crippen LogP contribution in [-0.2, 0) is 14.8 Å². The highest BCUT2D eigenvalue weighted by molar-refractivity contribution is 7.89. The van der Waals surface area contributed by atoms with Crippen molar-refractivity contribution in [1.82, 2.24) is 9.62 Å². The fraction of sp³-hybridized carbons (Fsp3) is 0.562. The lowest BCUT2D eigenvalue weighted by Crippen LogP contribution is -2.42. The van der Waals surface area contributed by atoms with Gasteiger partial charge in [0.2, 0.25) is 10.0 Å². The van der Waals surface area contributed by atoms with Crippen LogP contribution in [0.15, 0.2) is 23.1 Å². The Morgan fingerprint density at radius 1 is 1.26 bits per heavy atom. The summed E-state index contributed by atoms with van der Waals surface area (Å²) in [5.41, 5.74) is 0.909. The molecule has 2 bridgehead atoms. The number of hydrogen-bond acceptors (Lipinski definition) is 5. The summed E-state index contributed by atoms with van der Waals surface area (Å²) in [5.74, 6) is -0.526. The number of rotatable bonds is 3. The van der Waals surface area contributed by atoms with Crippen LogP contribution < -0.4 is 5.32 Å². The molecule has 2 atom stereocenters. The Morgan fingerprint density at radius 2 is 2.00 bits per heavy atom. The zero-order valence-electron chi connectivity index (χ0n) is 13.4. The van der Waals surface area contributed by atoms with Gasteiger partial charge in [-0.3, -0.25) is 0 Å². The number of esters is 1. The number of aryl methyl sites for hydroxylation is 1. The van der Waals surface area contributed by atoms with Crippen LogP contribution in [0.2, 0.25) is 0 Å². The van der Waals surface area contributed by atoms with Crippen LogP contribution >= 0.6 is 0 Å². The fourth-order valence-electron chi connectivity index (χ4n) is 3.57. The quantitative estimate of drug-likeness (QED) is 0.841. The van der Waals surface area contributed by atoms with E-state index in [4.69, 9.17) is 4.74 Å². The number of methoxy groups -OCH3 is 1. The van der Waals surface area contributed by atoms with Crippen molar-refractivity contribution in [1.29, 1.82) is 0 Å². The van der Waals surface area contributed by atoms with Gasteiger partial charge in [0.15, 0.2) is 0 Å². The van der Waals surface area contributed by atoms with E-state index in [1.54, 1.807) is 23.4 Å². The van der Waals surface area contributed by atoms with Gasteiger partial charge in [-0.25, -0.2) is 13.2 Å². The molecule has 126 valence electrons. The number of sulfonamides is 1. The largest absolute Gasteiger partial charge is 0.465 e. The summed E-state index contributed by atoms with van der Waals surface area (Å²) >= 11 is 0. The van der Waals surface area contributed by atoms with Crippen molar-refractivity contribution in [3.05, 3.63) is 29.3 Å². The summed E-state index contributed by atoms with van der Waals surface area (Å²) < 4.78 is 32.8. The molecule has 3 rings (SSSR count). The third kappa shape index (κ3) is 2.88. The minimum absolute atomic E-state index is 0.00585. The minimum Gasteiger partial charge on any atom is -0.465 e. The maximum absolute atomic E-state index is 13.2. The van der Waals surface area contributed by atoms with Gasteiger partial charge in [-0.1, -0.05) is 6.07 Å². The second-order valence-electron chi connectivity index (χ2n) is 6.18. The number of carbonyl (C=O) groups is 1. The summed E-state index contributed by atoms with van der Waals surface area (Å²) in [4.78, 5) is 11.9. The van der Waals surface area contributed by atoms with E-state index in [1.807, 2.05) is 0 Å². The van der Waals surface area contributed by atoms with E-state index in [-0.39, 0.29) is 22.5 Å². The van der Waals surface area contributed by atoms with Crippen molar-refractivity contribution in [3.8, 4) is 0 Å². The molecule has 0 spiro atoms. The summed E-state index contributed by atoms with van der Waals surface area (Å²) in [5, 5.41) is 3.31.